The fourth-order valence-electron chi connectivity index (χ4n) is 2.44. The van der Waals surface area contributed by atoms with E-state index in [-0.39, 0.29) is 28.9 Å². The average Bonchev–Trinajstić information content (AvgIpc) is 3.54. The van der Waals surface area contributed by atoms with Crippen molar-refractivity contribution in [3.63, 3.8) is 0 Å². The number of nitriles is 1. The van der Waals surface area contributed by atoms with Crippen LogP contribution in [0.15, 0.2) is 48.0 Å². The second kappa shape index (κ2) is 8.35. The number of carbonyl (C=O) groups is 2. The molecule has 1 fully saturated rings. The first-order chi connectivity index (χ1) is 13.5. The molecule has 2 aromatic rings. The highest BCUT2D eigenvalue weighted by molar-refractivity contribution is 6.09. The predicted octanol–water partition coefficient (Wildman–Crippen LogP) is 3.70. The van der Waals surface area contributed by atoms with Crippen molar-refractivity contribution >= 4 is 23.6 Å². The molecule has 0 bridgehead atoms. The van der Waals surface area contributed by atoms with Gasteiger partial charge < -0.3 is 14.8 Å². The predicted molar refractivity (Wildman–Crippen MR) is 100.0 cm³/mol. The van der Waals surface area contributed by atoms with Crippen LogP contribution >= 0.6 is 0 Å². The molecule has 0 radical (unpaired) electrons. The Balaban J connectivity index is 1.79. The Bertz CT molecular complexity index is 990. The second-order valence-corrected chi connectivity index (χ2v) is 6.21. The van der Waals surface area contributed by atoms with Crippen LogP contribution in [0.1, 0.15) is 18.4 Å². The van der Waals surface area contributed by atoms with Gasteiger partial charge in [-0.15, -0.1) is 0 Å². The maximum absolute atomic E-state index is 13.7. The Morgan fingerprint density at radius 1 is 1.21 bits per heavy atom. The van der Waals surface area contributed by atoms with Crippen LogP contribution < -0.4 is 14.8 Å². The number of ether oxygens (including phenoxy) is 2. The molecule has 1 aliphatic carbocycles. The van der Waals surface area contributed by atoms with Crippen molar-refractivity contribution in [2.24, 2.45) is 5.92 Å². The molecule has 6 nitrogen and oxygen atoms in total. The highest BCUT2D eigenvalue weighted by atomic mass is 19.1. The van der Waals surface area contributed by atoms with Gasteiger partial charge in [-0.2, -0.15) is 5.26 Å². The summed E-state index contributed by atoms with van der Waals surface area (Å²) in [6, 6.07) is 12.1. The molecule has 0 aliphatic heterocycles. The molecule has 1 N–H and O–H groups in total. The van der Waals surface area contributed by atoms with E-state index in [4.69, 9.17) is 9.47 Å². The molecule has 0 spiro atoms. The number of anilines is 1. The minimum atomic E-state index is -0.740. The molecule has 0 unspecified atom stereocenters. The molecular formula is C21H17FN2O4. The number of nitrogens with zero attached hydrogens (tertiary/aromatic N) is 1. The number of carbonyl (C=O) groups excluding carboxylic acids is 2. The summed E-state index contributed by atoms with van der Waals surface area (Å²) >= 11 is 0. The van der Waals surface area contributed by atoms with Gasteiger partial charge in [0.05, 0.1) is 18.7 Å². The zero-order valence-electron chi connectivity index (χ0n) is 15.1. The van der Waals surface area contributed by atoms with Crippen molar-refractivity contribution in [1.82, 2.24) is 0 Å². The SMILES string of the molecule is COc1cc(/C=C(\C#N)C(=O)Nc2ccccc2F)ccc1OC(=O)C1CC1. The zero-order chi connectivity index (χ0) is 20.1. The number of para-hydroxylation sites is 1. The van der Waals surface area contributed by atoms with Crippen molar-refractivity contribution in [3.8, 4) is 17.6 Å². The van der Waals surface area contributed by atoms with Crippen molar-refractivity contribution in [2.75, 3.05) is 12.4 Å². The third-order valence-corrected chi connectivity index (χ3v) is 4.11. The lowest BCUT2D eigenvalue weighted by Crippen LogP contribution is -2.14. The van der Waals surface area contributed by atoms with Crippen LogP contribution in [0.4, 0.5) is 10.1 Å². The van der Waals surface area contributed by atoms with E-state index in [2.05, 4.69) is 5.32 Å². The lowest BCUT2D eigenvalue weighted by Gasteiger charge is -2.10. The first-order valence-corrected chi connectivity index (χ1v) is 8.59. The normalized spacial score (nSPS) is 13.4. The molecule has 0 aromatic heterocycles. The zero-order valence-corrected chi connectivity index (χ0v) is 15.1. The van der Waals surface area contributed by atoms with Gasteiger partial charge in [0.1, 0.15) is 17.5 Å². The van der Waals surface area contributed by atoms with Gasteiger partial charge >= 0.3 is 5.97 Å². The van der Waals surface area contributed by atoms with Crippen molar-refractivity contribution in [2.45, 2.75) is 12.8 Å². The summed E-state index contributed by atoms with van der Waals surface area (Å²) in [6.45, 7) is 0. The summed E-state index contributed by atoms with van der Waals surface area (Å²) in [4.78, 5) is 24.1. The minimum absolute atomic E-state index is 0.0198. The topological polar surface area (TPSA) is 88.4 Å². The number of benzene rings is 2. The summed E-state index contributed by atoms with van der Waals surface area (Å²) < 4.78 is 24.2. The van der Waals surface area contributed by atoms with Crippen LogP contribution in [0.25, 0.3) is 6.08 Å². The highest BCUT2D eigenvalue weighted by Gasteiger charge is 2.32. The van der Waals surface area contributed by atoms with Gasteiger partial charge in [-0.1, -0.05) is 18.2 Å². The van der Waals surface area contributed by atoms with E-state index in [1.807, 2.05) is 0 Å². The van der Waals surface area contributed by atoms with Gasteiger partial charge in [-0.25, -0.2) is 4.39 Å². The second-order valence-electron chi connectivity index (χ2n) is 6.21. The summed E-state index contributed by atoms with van der Waals surface area (Å²) in [7, 11) is 1.42. The van der Waals surface area contributed by atoms with Gasteiger partial charge in [0.15, 0.2) is 11.5 Å². The van der Waals surface area contributed by atoms with E-state index in [0.717, 1.165) is 12.8 Å². The summed E-state index contributed by atoms with van der Waals surface area (Å²) in [6.07, 6.45) is 2.99. The van der Waals surface area contributed by atoms with Crippen LogP contribution in [0, 0.1) is 23.1 Å². The minimum Gasteiger partial charge on any atom is -0.493 e. The molecule has 3 rings (SSSR count). The molecule has 28 heavy (non-hydrogen) atoms. The standard InChI is InChI=1S/C21H17FN2O4/c1-27-19-11-13(6-9-18(19)28-21(26)14-7-8-14)10-15(12-23)20(25)24-17-5-3-2-4-16(17)22/h2-6,9-11,14H,7-8H2,1H3,(H,24,25)/b15-10+. The Hall–Kier alpha value is -3.66. The van der Waals surface area contributed by atoms with Crippen LogP contribution in [0.3, 0.4) is 0 Å². The molecule has 1 aliphatic rings. The van der Waals surface area contributed by atoms with Gasteiger partial charge in [-0.3, -0.25) is 9.59 Å². The maximum atomic E-state index is 13.7. The smallest absolute Gasteiger partial charge is 0.314 e. The average molecular weight is 380 g/mol. The van der Waals surface area contributed by atoms with Crippen LogP contribution in [-0.4, -0.2) is 19.0 Å². The van der Waals surface area contributed by atoms with E-state index in [1.54, 1.807) is 24.3 Å². The molecule has 0 atom stereocenters. The first kappa shape index (κ1) is 19.1. The van der Waals surface area contributed by atoms with Gasteiger partial charge in [-0.05, 0) is 48.7 Å². The number of esters is 1. The van der Waals surface area contributed by atoms with E-state index in [9.17, 15) is 19.2 Å². The van der Waals surface area contributed by atoms with E-state index in [1.165, 1.54) is 37.5 Å². The fourth-order valence-corrected chi connectivity index (χ4v) is 2.44. The maximum Gasteiger partial charge on any atom is 0.314 e. The molecule has 0 heterocycles. The highest BCUT2D eigenvalue weighted by Crippen LogP contribution is 2.34. The fraction of sp³-hybridized carbons (Fsp3) is 0.190. The van der Waals surface area contributed by atoms with E-state index < -0.39 is 11.7 Å². The third-order valence-electron chi connectivity index (χ3n) is 4.11. The molecule has 142 valence electrons. The number of hydrogen-bond donors (Lipinski definition) is 1. The summed E-state index contributed by atoms with van der Waals surface area (Å²) in [5.41, 5.74) is 0.255. The number of methoxy groups -OCH3 is 1. The third kappa shape index (κ3) is 4.54. The number of halogens is 1. The van der Waals surface area contributed by atoms with Crippen LogP contribution in [0.2, 0.25) is 0 Å². The number of hydrogen-bond acceptors (Lipinski definition) is 5. The first-order valence-electron chi connectivity index (χ1n) is 8.59. The largest absolute Gasteiger partial charge is 0.493 e. The Labute approximate surface area is 161 Å². The van der Waals surface area contributed by atoms with Gasteiger partial charge in [0.2, 0.25) is 0 Å². The number of nitrogens with one attached hydrogen (secondary N) is 1. The summed E-state index contributed by atoms with van der Waals surface area (Å²) in [5, 5.41) is 11.7. The molecule has 2 aromatic carbocycles. The monoisotopic (exact) mass is 380 g/mol. The quantitative estimate of drug-likeness (QED) is 0.357. The Kier molecular flexibility index (Phi) is 5.70. The van der Waals surface area contributed by atoms with Crippen LogP contribution in [-0.2, 0) is 9.59 Å². The number of amides is 1. The number of rotatable bonds is 6. The van der Waals surface area contributed by atoms with E-state index in [0.29, 0.717) is 11.3 Å². The lowest BCUT2D eigenvalue weighted by atomic mass is 10.1. The van der Waals surface area contributed by atoms with Gasteiger partial charge in [0.25, 0.3) is 5.91 Å². The van der Waals surface area contributed by atoms with Crippen molar-refractivity contribution in [1.29, 1.82) is 5.26 Å². The Morgan fingerprint density at radius 2 is 1.96 bits per heavy atom. The molecular weight excluding hydrogens is 363 g/mol. The van der Waals surface area contributed by atoms with Crippen LogP contribution in [0.5, 0.6) is 11.5 Å². The molecule has 1 saturated carbocycles. The van der Waals surface area contributed by atoms with Crippen molar-refractivity contribution in [3.05, 3.63) is 59.4 Å². The Morgan fingerprint density at radius 3 is 2.61 bits per heavy atom. The summed E-state index contributed by atoms with van der Waals surface area (Å²) in [5.74, 6) is -1.13. The lowest BCUT2D eigenvalue weighted by molar-refractivity contribution is -0.135. The molecule has 1 amide bonds. The van der Waals surface area contributed by atoms with Gasteiger partial charge in [0, 0.05) is 0 Å². The molecule has 0 saturated heterocycles. The molecule has 7 heteroatoms. The van der Waals surface area contributed by atoms with Crippen molar-refractivity contribution < 1.29 is 23.5 Å². The van der Waals surface area contributed by atoms with E-state index >= 15 is 0 Å².